The molecule has 4 heteroatoms. The smallest absolute Gasteiger partial charge is 0.199 e. The number of aromatic hydroxyl groups is 1. The van der Waals surface area contributed by atoms with Crippen molar-refractivity contribution in [3.8, 4) is 17.0 Å². The number of nitrogens with zero attached hydrogens (tertiary/aromatic N) is 2. The van der Waals surface area contributed by atoms with Crippen LogP contribution in [0.25, 0.3) is 21.9 Å². The fourth-order valence-electron chi connectivity index (χ4n) is 3.20. The summed E-state index contributed by atoms with van der Waals surface area (Å²) in [5, 5.41) is 13.3. The van der Waals surface area contributed by atoms with E-state index < -0.39 is 0 Å². The maximum Gasteiger partial charge on any atom is 0.199 e. The van der Waals surface area contributed by atoms with Gasteiger partial charge in [-0.3, -0.25) is 4.98 Å². The zero-order valence-corrected chi connectivity index (χ0v) is 14.5. The van der Waals surface area contributed by atoms with Crippen molar-refractivity contribution < 1.29 is 5.11 Å². The van der Waals surface area contributed by atoms with Crippen LogP contribution in [0, 0.1) is 6.92 Å². The van der Waals surface area contributed by atoms with Gasteiger partial charge >= 0.3 is 0 Å². The molecule has 0 aliphatic carbocycles. The minimum absolute atomic E-state index is 0.292. The summed E-state index contributed by atoms with van der Waals surface area (Å²) in [6, 6.07) is 15.8. The molecule has 0 saturated carbocycles. The van der Waals surface area contributed by atoms with Gasteiger partial charge in [0.2, 0.25) is 0 Å². The lowest BCUT2D eigenvalue weighted by molar-refractivity contribution is 0.430. The van der Waals surface area contributed by atoms with Crippen molar-refractivity contribution in [1.29, 1.82) is 0 Å². The van der Waals surface area contributed by atoms with Gasteiger partial charge in [-0.25, -0.2) is 0 Å². The number of halogens is 1. The Bertz CT molecular complexity index is 1040. The molecule has 0 aliphatic rings. The Labute approximate surface area is 151 Å². The Hall–Kier alpha value is -2.78. The first-order valence-corrected chi connectivity index (χ1v) is 8.47. The van der Waals surface area contributed by atoms with Crippen LogP contribution < -0.4 is 0 Å². The molecule has 0 fully saturated rings. The van der Waals surface area contributed by atoms with Crippen LogP contribution in [0.5, 0.6) is 5.88 Å². The summed E-state index contributed by atoms with van der Waals surface area (Å²) in [6.07, 6.45) is 5.61. The second-order valence-corrected chi connectivity index (χ2v) is 6.64. The molecule has 3 nitrogen and oxygen atoms in total. The average Bonchev–Trinajstić information content (AvgIpc) is 2.94. The quantitative estimate of drug-likeness (QED) is 0.537. The third-order valence-corrected chi connectivity index (χ3v) is 4.67. The van der Waals surface area contributed by atoms with Crippen LogP contribution in [0.1, 0.15) is 11.1 Å². The zero-order valence-electron chi connectivity index (χ0n) is 13.8. The molecular formula is C21H17ClN2O. The highest BCUT2D eigenvalue weighted by atomic mass is 35.5. The van der Waals surface area contributed by atoms with Crippen LogP contribution in [0.15, 0.2) is 67.1 Å². The summed E-state index contributed by atoms with van der Waals surface area (Å²) in [4.78, 5) is 4.19. The highest BCUT2D eigenvalue weighted by molar-refractivity contribution is 6.30. The Morgan fingerprint density at radius 3 is 2.60 bits per heavy atom. The van der Waals surface area contributed by atoms with Crippen LogP contribution in [-0.2, 0) is 6.54 Å². The predicted molar refractivity (Wildman–Crippen MR) is 102 cm³/mol. The number of aromatic nitrogens is 2. The molecule has 2 aromatic carbocycles. The van der Waals surface area contributed by atoms with E-state index in [1.165, 1.54) is 0 Å². The van der Waals surface area contributed by atoms with Gasteiger partial charge in [0.25, 0.3) is 0 Å². The van der Waals surface area contributed by atoms with Gasteiger partial charge in [-0.1, -0.05) is 35.9 Å². The molecule has 0 unspecified atom stereocenters. The van der Waals surface area contributed by atoms with E-state index in [1.807, 2.05) is 60.3 Å². The maximum atomic E-state index is 10.7. The van der Waals surface area contributed by atoms with E-state index in [9.17, 15) is 5.11 Å². The molecule has 1 N–H and O–H groups in total. The predicted octanol–water partition coefficient (Wildman–Crippen LogP) is 5.42. The van der Waals surface area contributed by atoms with Gasteiger partial charge in [0.05, 0.1) is 6.54 Å². The van der Waals surface area contributed by atoms with Crippen molar-refractivity contribution in [3.05, 3.63) is 83.3 Å². The minimum Gasteiger partial charge on any atom is -0.494 e. The van der Waals surface area contributed by atoms with Crippen molar-refractivity contribution in [3.63, 3.8) is 0 Å². The van der Waals surface area contributed by atoms with Crippen LogP contribution in [0.3, 0.4) is 0 Å². The summed E-state index contributed by atoms with van der Waals surface area (Å²) in [5.74, 6) is 0.292. The van der Waals surface area contributed by atoms with Crippen molar-refractivity contribution in [2.24, 2.45) is 0 Å². The van der Waals surface area contributed by atoms with E-state index in [1.54, 1.807) is 6.20 Å². The van der Waals surface area contributed by atoms with Crippen molar-refractivity contribution in [2.75, 3.05) is 0 Å². The molecule has 124 valence electrons. The summed E-state index contributed by atoms with van der Waals surface area (Å²) >= 11 is 5.95. The summed E-state index contributed by atoms with van der Waals surface area (Å²) in [7, 11) is 0. The lowest BCUT2D eigenvalue weighted by atomic mass is 10.0. The van der Waals surface area contributed by atoms with Gasteiger partial charge in [0.1, 0.15) is 0 Å². The number of hydrogen-bond donors (Lipinski definition) is 1. The van der Waals surface area contributed by atoms with E-state index in [0.717, 1.165) is 33.0 Å². The Morgan fingerprint density at radius 1 is 1.08 bits per heavy atom. The Morgan fingerprint density at radius 2 is 1.88 bits per heavy atom. The summed E-state index contributed by atoms with van der Waals surface area (Å²) in [5.41, 5.74) is 4.30. The number of hydrogen-bond acceptors (Lipinski definition) is 2. The van der Waals surface area contributed by atoms with Crippen molar-refractivity contribution >= 4 is 22.4 Å². The highest BCUT2D eigenvalue weighted by Crippen LogP contribution is 2.34. The first-order valence-electron chi connectivity index (χ1n) is 8.09. The van der Waals surface area contributed by atoms with Crippen LogP contribution >= 0.6 is 11.6 Å². The summed E-state index contributed by atoms with van der Waals surface area (Å²) < 4.78 is 1.87. The SMILES string of the molecule is Cc1cc(-c2cccnc2)cc2cn(Cc3ccc(Cl)cc3)c(O)c12. The molecule has 0 bridgehead atoms. The molecule has 25 heavy (non-hydrogen) atoms. The third kappa shape index (κ3) is 2.99. The van der Waals surface area contributed by atoms with E-state index in [2.05, 4.69) is 17.1 Å². The molecule has 0 aliphatic heterocycles. The Kier molecular flexibility index (Phi) is 3.94. The van der Waals surface area contributed by atoms with E-state index >= 15 is 0 Å². The molecule has 4 aromatic rings. The lowest BCUT2D eigenvalue weighted by Crippen LogP contribution is -1.96. The fraction of sp³-hybridized carbons (Fsp3) is 0.0952. The largest absolute Gasteiger partial charge is 0.494 e. The molecular weight excluding hydrogens is 332 g/mol. The fourth-order valence-corrected chi connectivity index (χ4v) is 3.33. The van der Waals surface area contributed by atoms with Crippen LogP contribution in [-0.4, -0.2) is 14.7 Å². The van der Waals surface area contributed by atoms with Gasteiger partial charge in [0.15, 0.2) is 5.88 Å². The number of aryl methyl sites for hydroxylation is 1. The standard InChI is InChI=1S/C21H17ClN2O/c1-14-9-17(16-3-2-8-23-11-16)10-18-13-24(21(25)20(14)18)12-15-4-6-19(22)7-5-15/h2-11,13,25H,12H2,1H3. The van der Waals surface area contributed by atoms with Crippen LogP contribution in [0.2, 0.25) is 5.02 Å². The second kappa shape index (κ2) is 6.26. The first-order chi connectivity index (χ1) is 12.1. The normalized spacial score (nSPS) is 11.1. The second-order valence-electron chi connectivity index (χ2n) is 6.21. The van der Waals surface area contributed by atoms with E-state index in [0.29, 0.717) is 17.4 Å². The molecule has 0 spiro atoms. The van der Waals surface area contributed by atoms with Gasteiger partial charge in [-0.2, -0.15) is 0 Å². The van der Waals surface area contributed by atoms with Gasteiger partial charge in [-0.05, 0) is 47.9 Å². The lowest BCUT2D eigenvalue weighted by Gasteiger charge is -2.06. The van der Waals surface area contributed by atoms with Crippen molar-refractivity contribution in [1.82, 2.24) is 9.55 Å². The minimum atomic E-state index is 0.292. The molecule has 0 atom stereocenters. The van der Waals surface area contributed by atoms with Gasteiger partial charge in [0, 0.05) is 39.9 Å². The van der Waals surface area contributed by atoms with E-state index in [-0.39, 0.29) is 0 Å². The van der Waals surface area contributed by atoms with Gasteiger partial charge < -0.3 is 9.67 Å². The highest BCUT2D eigenvalue weighted by Gasteiger charge is 2.13. The van der Waals surface area contributed by atoms with Crippen molar-refractivity contribution in [2.45, 2.75) is 13.5 Å². The summed E-state index contributed by atoms with van der Waals surface area (Å²) in [6.45, 7) is 2.62. The number of rotatable bonds is 3. The number of pyridine rings is 1. The number of benzene rings is 2. The third-order valence-electron chi connectivity index (χ3n) is 4.42. The zero-order chi connectivity index (χ0) is 17.4. The van der Waals surface area contributed by atoms with Crippen LogP contribution in [0.4, 0.5) is 0 Å². The monoisotopic (exact) mass is 348 g/mol. The topological polar surface area (TPSA) is 38.0 Å². The molecule has 0 amide bonds. The van der Waals surface area contributed by atoms with Gasteiger partial charge in [-0.15, -0.1) is 0 Å². The molecule has 2 heterocycles. The Balaban J connectivity index is 1.78. The number of fused-ring (bicyclic) bond motifs is 1. The molecule has 0 saturated heterocycles. The average molecular weight is 349 g/mol. The maximum absolute atomic E-state index is 10.7. The van der Waals surface area contributed by atoms with E-state index in [4.69, 9.17) is 11.6 Å². The first kappa shape index (κ1) is 15.7. The molecule has 0 radical (unpaired) electrons. The molecule has 4 rings (SSSR count). The molecule has 2 aromatic heterocycles.